The van der Waals surface area contributed by atoms with Gasteiger partial charge in [-0.25, -0.2) is 0 Å². The number of aryl methyl sites for hydroxylation is 1. The monoisotopic (exact) mass is 413 g/mol. The predicted octanol–water partition coefficient (Wildman–Crippen LogP) is 3.89. The Morgan fingerprint density at radius 1 is 0.828 bits per heavy atom. The average Bonchev–Trinajstić information content (AvgIpc) is 2.70. The highest BCUT2D eigenvalue weighted by atomic mass is 32.2. The van der Waals surface area contributed by atoms with Crippen molar-refractivity contribution in [3.8, 4) is 0 Å². The number of carbonyl (C=O) groups excluding carboxylic acids is 3. The lowest BCUT2D eigenvalue weighted by Crippen LogP contribution is -2.28. The fourth-order valence-electron chi connectivity index (χ4n) is 2.54. The van der Waals surface area contributed by atoms with Gasteiger partial charge in [0.15, 0.2) is 0 Å². The minimum Gasteiger partial charge on any atom is -0.349 e. The van der Waals surface area contributed by atoms with Crippen LogP contribution in [-0.4, -0.2) is 29.2 Å². The van der Waals surface area contributed by atoms with Crippen molar-refractivity contribution in [1.29, 1.82) is 0 Å². The molecule has 0 aromatic heterocycles. The molecule has 0 bridgehead atoms. The van der Waals surface area contributed by atoms with Crippen molar-refractivity contribution in [1.82, 2.24) is 5.32 Å². The molecule has 0 aliphatic heterocycles. The second kappa shape index (κ2) is 11.3. The molecule has 0 saturated heterocycles. The number of rotatable bonds is 9. The minimum atomic E-state index is -0.166. The Balaban J connectivity index is 1.72. The van der Waals surface area contributed by atoms with E-state index < -0.39 is 0 Å². The van der Waals surface area contributed by atoms with E-state index in [0.717, 1.165) is 22.5 Å². The van der Waals surface area contributed by atoms with Gasteiger partial charge in [0.05, 0.1) is 17.5 Å². The van der Waals surface area contributed by atoms with E-state index >= 15 is 0 Å². The number of benzene rings is 2. The van der Waals surface area contributed by atoms with Gasteiger partial charge >= 0.3 is 0 Å². The van der Waals surface area contributed by atoms with Crippen LogP contribution in [0.15, 0.2) is 48.5 Å². The van der Waals surface area contributed by atoms with Crippen molar-refractivity contribution in [2.24, 2.45) is 0 Å². The van der Waals surface area contributed by atoms with Crippen LogP contribution < -0.4 is 16.0 Å². The van der Waals surface area contributed by atoms with Crippen LogP contribution in [0.3, 0.4) is 0 Å². The maximum absolute atomic E-state index is 12.1. The van der Waals surface area contributed by atoms with E-state index in [0.29, 0.717) is 6.42 Å². The van der Waals surface area contributed by atoms with Crippen molar-refractivity contribution in [2.45, 2.75) is 33.2 Å². The quantitative estimate of drug-likeness (QED) is 0.582. The van der Waals surface area contributed by atoms with Gasteiger partial charge in [0.1, 0.15) is 0 Å². The summed E-state index contributed by atoms with van der Waals surface area (Å²) < 4.78 is 0. The fraction of sp³-hybridized carbons (Fsp3) is 0.318. The molecule has 0 aliphatic carbocycles. The first-order valence-electron chi connectivity index (χ1n) is 9.50. The maximum Gasteiger partial charge on any atom is 0.234 e. The van der Waals surface area contributed by atoms with E-state index in [2.05, 4.69) is 16.0 Å². The lowest BCUT2D eigenvalue weighted by molar-refractivity contribution is -0.119. The fourth-order valence-corrected chi connectivity index (χ4v) is 3.17. The maximum atomic E-state index is 12.1. The third-order valence-electron chi connectivity index (χ3n) is 4.19. The molecular weight excluding hydrogens is 386 g/mol. The highest BCUT2D eigenvalue weighted by Gasteiger charge is 2.11. The Labute approximate surface area is 175 Å². The second-order valence-corrected chi connectivity index (χ2v) is 7.71. The molecule has 1 unspecified atom stereocenters. The van der Waals surface area contributed by atoms with E-state index in [1.807, 2.05) is 62.4 Å². The van der Waals surface area contributed by atoms with Crippen molar-refractivity contribution in [3.05, 3.63) is 59.7 Å². The highest BCUT2D eigenvalue weighted by Crippen LogP contribution is 2.17. The molecule has 6 nitrogen and oxygen atoms in total. The molecule has 0 heterocycles. The molecule has 7 heteroatoms. The van der Waals surface area contributed by atoms with Crippen molar-refractivity contribution >= 4 is 40.9 Å². The molecule has 3 N–H and O–H groups in total. The number of carbonyl (C=O) groups is 3. The smallest absolute Gasteiger partial charge is 0.234 e. The van der Waals surface area contributed by atoms with Gasteiger partial charge in [0.25, 0.3) is 0 Å². The van der Waals surface area contributed by atoms with Gasteiger partial charge in [-0.2, -0.15) is 0 Å². The van der Waals surface area contributed by atoms with Crippen molar-refractivity contribution < 1.29 is 14.4 Å². The SMILES string of the molecule is CCC(=O)Nc1ccc(C(C)NC(=O)CSCC(=O)Nc2ccc(C)cc2)cc1. The molecule has 0 spiro atoms. The van der Waals surface area contributed by atoms with Gasteiger partial charge < -0.3 is 16.0 Å². The molecule has 3 amide bonds. The summed E-state index contributed by atoms with van der Waals surface area (Å²) >= 11 is 1.27. The molecule has 154 valence electrons. The van der Waals surface area contributed by atoms with Crippen molar-refractivity contribution in [2.75, 3.05) is 22.1 Å². The zero-order chi connectivity index (χ0) is 21.2. The Hall–Kier alpha value is -2.80. The Bertz CT molecular complexity index is 835. The number of hydrogen-bond donors (Lipinski definition) is 3. The Morgan fingerprint density at radius 2 is 1.34 bits per heavy atom. The van der Waals surface area contributed by atoms with Crippen LogP contribution in [0.4, 0.5) is 11.4 Å². The summed E-state index contributed by atoms with van der Waals surface area (Å²) in [7, 11) is 0. The first-order chi connectivity index (χ1) is 13.9. The van der Waals surface area contributed by atoms with E-state index in [9.17, 15) is 14.4 Å². The second-order valence-electron chi connectivity index (χ2n) is 6.72. The molecule has 29 heavy (non-hydrogen) atoms. The highest BCUT2D eigenvalue weighted by molar-refractivity contribution is 8.00. The molecule has 2 rings (SSSR count). The van der Waals surface area contributed by atoms with Gasteiger partial charge in [0.2, 0.25) is 17.7 Å². The van der Waals surface area contributed by atoms with E-state index in [1.54, 1.807) is 6.92 Å². The topological polar surface area (TPSA) is 87.3 Å². The molecule has 0 aliphatic rings. The lowest BCUT2D eigenvalue weighted by Gasteiger charge is -2.15. The van der Waals surface area contributed by atoms with Crippen LogP contribution in [-0.2, 0) is 14.4 Å². The third kappa shape index (κ3) is 7.99. The summed E-state index contributed by atoms with van der Waals surface area (Å²) in [5, 5.41) is 8.52. The molecule has 0 saturated carbocycles. The van der Waals surface area contributed by atoms with Crippen molar-refractivity contribution in [3.63, 3.8) is 0 Å². The molecule has 0 radical (unpaired) electrons. The summed E-state index contributed by atoms with van der Waals surface area (Å²) in [5.74, 6) is 0.110. The zero-order valence-corrected chi connectivity index (χ0v) is 17.8. The summed E-state index contributed by atoms with van der Waals surface area (Å²) in [5.41, 5.74) is 3.55. The number of nitrogens with one attached hydrogen (secondary N) is 3. The van der Waals surface area contributed by atoms with Crippen LogP contribution in [0.2, 0.25) is 0 Å². The van der Waals surface area contributed by atoms with Crippen LogP contribution in [0.25, 0.3) is 0 Å². The van der Waals surface area contributed by atoms with Gasteiger partial charge in [-0.15, -0.1) is 11.8 Å². The van der Waals surface area contributed by atoms with E-state index in [-0.39, 0.29) is 35.3 Å². The van der Waals surface area contributed by atoms with Gasteiger partial charge in [-0.05, 0) is 43.7 Å². The van der Waals surface area contributed by atoms with E-state index in [1.165, 1.54) is 11.8 Å². The standard InChI is InChI=1S/C22H27N3O3S/c1-4-20(26)24-19-11-7-17(8-12-19)16(3)23-21(27)13-29-14-22(28)25-18-9-5-15(2)6-10-18/h5-12,16H,4,13-14H2,1-3H3,(H,23,27)(H,24,26)(H,25,28). The predicted molar refractivity (Wildman–Crippen MR) is 119 cm³/mol. The molecule has 1 atom stereocenters. The molecule has 2 aromatic carbocycles. The number of amides is 3. The van der Waals surface area contributed by atoms with Crippen LogP contribution >= 0.6 is 11.8 Å². The molecule has 0 fully saturated rings. The largest absolute Gasteiger partial charge is 0.349 e. The van der Waals surface area contributed by atoms with Gasteiger partial charge in [-0.3, -0.25) is 14.4 Å². The number of anilines is 2. The summed E-state index contributed by atoms with van der Waals surface area (Å²) in [6.07, 6.45) is 0.426. The summed E-state index contributed by atoms with van der Waals surface area (Å²) in [6, 6.07) is 14.8. The average molecular weight is 414 g/mol. The Kier molecular flexibility index (Phi) is 8.73. The third-order valence-corrected chi connectivity index (χ3v) is 5.13. The molecule has 2 aromatic rings. The van der Waals surface area contributed by atoms with Gasteiger partial charge in [-0.1, -0.05) is 36.8 Å². The molecular formula is C22H27N3O3S. The number of hydrogen-bond acceptors (Lipinski definition) is 4. The van der Waals surface area contributed by atoms with Gasteiger partial charge in [0, 0.05) is 17.8 Å². The normalized spacial score (nSPS) is 11.4. The van der Waals surface area contributed by atoms with Crippen LogP contribution in [0.1, 0.15) is 37.4 Å². The summed E-state index contributed by atoms with van der Waals surface area (Å²) in [6.45, 7) is 5.68. The first kappa shape index (κ1) is 22.5. The lowest BCUT2D eigenvalue weighted by atomic mass is 10.1. The summed E-state index contributed by atoms with van der Waals surface area (Å²) in [4.78, 5) is 35.5. The van der Waals surface area contributed by atoms with Crippen LogP contribution in [0, 0.1) is 6.92 Å². The van der Waals surface area contributed by atoms with E-state index in [4.69, 9.17) is 0 Å². The minimum absolute atomic E-state index is 0.0393. The van der Waals surface area contributed by atoms with Crippen LogP contribution in [0.5, 0.6) is 0 Å². The Morgan fingerprint density at radius 3 is 1.93 bits per heavy atom. The zero-order valence-electron chi connectivity index (χ0n) is 17.0. The number of thioether (sulfide) groups is 1. The first-order valence-corrected chi connectivity index (χ1v) is 10.7.